The number of carbonyl (C=O) groups is 1. The number of hydrogen-bond donors (Lipinski definition) is 0. The van der Waals surface area contributed by atoms with E-state index < -0.39 is 11.9 Å². The van der Waals surface area contributed by atoms with Crippen molar-refractivity contribution in [3.8, 4) is 5.75 Å². The van der Waals surface area contributed by atoms with Gasteiger partial charge in [0.2, 0.25) is 5.95 Å². The van der Waals surface area contributed by atoms with Gasteiger partial charge in [0.05, 0.1) is 12.1 Å². The number of pyridine rings is 1. The number of ether oxygens (including phenoxy) is 1. The van der Waals surface area contributed by atoms with Gasteiger partial charge in [-0.2, -0.15) is 4.39 Å². The third-order valence-electron chi connectivity index (χ3n) is 2.85. The molecule has 1 amide bonds. The molecule has 0 spiro atoms. The van der Waals surface area contributed by atoms with Gasteiger partial charge in [0, 0.05) is 18.3 Å². The van der Waals surface area contributed by atoms with Crippen LogP contribution in [0.15, 0.2) is 42.6 Å². The monoisotopic (exact) mass is 308 g/mol. The van der Waals surface area contributed by atoms with Crippen LogP contribution in [0.4, 0.5) is 4.39 Å². The molecule has 0 N–H and O–H groups in total. The molecule has 0 aliphatic rings. The lowest BCUT2D eigenvalue weighted by Crippen LogP contribution is -2.31. The zero-order chi connectivity index (χ0) is 15.2. The van der Waals surface area contributed by atoms with Gasteiger partial charge in [-0.25, -0.2) is 4.98 Å². The number of halogens is 2. The molecule has 0 saturated heterocycles. The van der Waals surface area contributed by atoms with E-state index in [1.165, 1.54) is 23.2 Å². The molecule has 6 heteroatoms. The molecular formula is C15H14ClFN2O2. The Morgan fingerprint density at radius 3 is 2.71 bits per heavy atom. The van der Waals surface area contributed by atoms with Crippen molar-refractivity contribution in [3.05, 3.63) is 59.1 Å². The summed E-state index contributed by atoms with van der Waals surface area (Å²) in [6.45, 7) is 0.627. The van der Waals surface area contributed by atoms with Gasteiger partial charge < -0.3 is 9.64 Å². The van der Waals surface area contributed by atoms with E-state index in [0.29, 0.717) is 23.9 Å². The van der Waals surface area contributed by atoms with Gasteiger partial charge in [0.15, 0.2) is 0 Å². The Kier molecular flexibility index (Phi) is 5.11. The van der Waals surface area contributed by atoms with Crippen LogP contribution in [0, 0.1) is 5.95 Å². The van der Waals surface area contributed by atoms with Crippen LogP contribution in [0.2, 0.25) is 5.02 Å². The number of aromatic nitrogens is 1. The number of benzene rings is 1. The van der Waals surface area contributed by atoms with Gasteiger partial charge >= 0.3 is 0 Å². The highest BCUT2D eigenvalue weighted by Crippen LogP contribution is 2.15. The molecule has 0 radical (unpaired) electrons. The Bertz CT molecular complexity index is 619. The molecule has 0 unspecified atom stereocenters. The summed E-state index contributed by atoms with van der Waals surface area (Å²) >= 11 is 5.77. The lowest BCUT2D eigenvalue weighted by molar-refractivity contribution is 0.0768. The quantitative estimate of drug-likeness (QED) is 0.797. The smallest absolute Gasteiger partial charge is 0.258 e. The summed E-state index contributed by atoms with van der Waals surface area (Å²) in [5.74, 6) is -0.541. The lowest BCUT2D eigenvalue weighted by atomic mass is 10.2. The van der Waals surface area contributed by atoms with E-state index >= 15 is 0 Å². The number of rotatable bonds is 5. The second kappa shape index (κ2) is 7.04. The number of amides is 1. The molecule has 1 heterocycles. The summed E-state index contributed by atoms with van der Waals surface area (Å²) in [7, 11) is 1.58. The van der Waals surface area contributed by atoms with Crippen LogP contribution in [0.25, 0.3) is 0 Å². The molecule has 2 aromatic rings. The van der Waals surface area contributed by atoms with Crippen molar-refractivity contribution in [3.63, 3.8) is 0 Å². The van der Waals surface area contributed by atoms with Crippen molar-refractivity contribution in [2.24, 2.45) is 0 Å². The van der Waals surface area contributed by atoms with Gasteiger partial charge in [-0.15, -0.1) is 0 Å². The van der Waals surface area contributed by atoms with Crippen LogP contribution in [0.3, 0.4) is 0 Å². The molecule has 110 valence electrons. The van der Waals surface area contributed by atoms with E-state index in [-0.39, 0.29) is 5.56 Å². The summed E-state index contributed by atoms with van der Waals surface area (Å²) in [5.41, 5.74) is -0.0495. The summed E-state index contributed by atoms with van der Waals surface area (Å²) in [6, 6.07) is 9.85. The van der Waals surface area contributed by atoms with Gasteiger partial charge in [0.1, 0.15) is 12.4 Å². The predicted molar refractivity (Wildman–Crippen MR) is 78.1 cm³/mol. The maximum Gasteiger partial charge on any atom is 0.258 e. The molecule has 0 bridgehead atoms. The first-order valence-electron chi connectivity index (χ1n) is 6.32. The van der Waals surface area contributed by atoms with Crippen LogP contribution >= 0.6 is 11.6 Å². The maximum absolute atomic E-state index is 13.4. The van der Waals surface area contributed by atoms with Crippen molar-refractivity contribution >= 4 is 17.5 Å². The van der Waals surface area contributed by atoms with Gasteiger partial charge in [-0.05, 0) is 36.4 Å². The fraction of sp³-hybridized carbons (Fsp3) is 0.200. The number of carbonyl (C=O) groups excluding carboxylic acids is 1. The minimum atomic E-state index is -0.770. The second-order valence-electron chi connectivity index (χ2n) is 4.37. The molecular weight excluding hydrogens is 295 g/mol. The van der Waals surface area contributed by atoms with Crippen molar-refractivity contribution in [2.75, 3.05) is 20.2 Å². The minimum Gasteiger partial charge on any atom is -0.492 e. The van der Waals surface area contributed by atoms with Crippen LogP contribution in [0.1, 0.15) is 10.4 Å². The zero-order valence-electron chi connectivity index (χ0n) is 11.4. The van der Waals surface area contributed by atoms with Crippen molar-refractivity contribution in [2.45, 2.75) is 0 Å². The molecule has 2 rings (SSSR count). The Balaban J connectivity index is 1.87. The molecule has 0 aliphatic carbocycles. The first-order valence-corrected chi connectivity index (χ1v) is 6.70. The summed E-state index contributed by atoms with van der Waals surface area (Å²) in [6.07, 6.45) is 1.30. The highest BCUT2D eigenvalue weighted by molar-refractivity contribution is 6.30. The van der Waals surface area contributed by atoms with Crippen LogP contribution in [-0.4, -0.2) is 36.0 Å². The fourth-order valence-corrected chi connectivity index (χ4v) is 1.81. The summed E-state index contributed by atoms with van der Waals surface area (Å²) < 4.78 is 18.9. The van der Waals surface area contributed by atoms with Crippen molar-refractivity contribution < 1.29 is 13.9 Å². The van der Waals surface area contributed by atoms with E-state index in [2.05, 4.69) is 4.98 Å². The van der Waals surface area contributed by atoms with Gasteiger partial charge in [0.25, 0.3) is 5.91 Å². The summed E-state index contributed by atoms with van der Waals surface area (Å²) in [5, 5.41) is 0.627. The topological polar surface area (TPSA) is 42.4 Å². The number of hydrogen-bond acceptors (Lipinski definition) is 3. The van der Waals surface area contributed by atoms with Crippen LogP contribution < -0.4 is 4.74 Å². The van der Waals surface area contributed by atoms with Crippen molar-refractivity contribution in [1.82, 2.24) is 9.88 Å². The third kappa shape index (κ3) is 4.16. The fourth-order valence-electron chi connectivity index (χ4n) is 1.68. The molecule has 21 heavy (non-hydrogen) atoms. The maximum atomic E-state index is 13.4. The predicted octanol–water partition coefficient (Wildman–Crippen LogP) is 3.03. The Morgan fingerprint density at radius 2 is 2.05 bits per heavy atom. The molecule has 4 nitrogen and oxygen atoms in total. The van der Waals surface area contributed by atoms with Crippen LogP contribution in [-0.2, 0) is 0 Å². The van der Waals surface area contributed by atoms with E-state index in [1.807, 2.05) is 0 Å². The van der Waals surface area contributed by atoms with E-state index in [4.69, 9.17) is 16.3 Å². The van der Waals surface area contributed by atoms with Gasteiger partial charge in [-0.3, -0.25) is 4.79 Å². The molecule has 0 fully saturated rings. The number of nitrogens with zero attached hydrogens (tertiary/aromatic N) is 2. The average molecular weight is 309 g/mol. The highest BCUT2D eigenvalue weighted by atomic mass is 35.5. The van der Waals surface area contributed by atoms with E-state index in [1.54, 1.807) is 31.3 Å². The Hall–Kier alpha value is -2.14. The van der Waals surface area contributed by atoms with Crippen LogP contribution in [0.5, 0.6) is 5.75 Å². The second-order valence-corrected chi connectivity index (χ2v) is 4.81. The highest BCUT2D eigenvalue weighted by Gasteiger charge is 2.16. The third-order valence-corrected chi connectivity index (χ3v) is 3.10. The standard InChI is InChI=1S/C15H14ClFN2O2/c1-19(15(20)13-3-2-8-18-14(13)17)9-10-21-12-6-4-11(16)5-7-12/h2-8H,9-10H2,1H3. The minimum absolute atomic E-state index is 0.0495. The molecule has 0 aliphatic heterocycles. The normalized spacial score (nSPS) is 10.2. The largest absolute Gasteiger partial charge is 0.492 e. The molecule has 0 atom stereocenters. The van der Waals surface area contributed by atoms with E-state index in [9.17, 15) is 9.18 Å². The first-order chi connectivity index (χ1) is 10.1. The SMILES string of the molecule is CN(CCOc1ccc(Cl)cc1)C(=O)c1cccnc1F. The summed E-state index contributed by atoms with van der Waals surface area (Å²) in [4.78, 5) is 16.9. The zero-order valence-corrected chi connectivity index (χ0v) is 12.2. The Labute approximate surface area is 127 Å². The Morgan fingerprint density at radius 1 is 1.33 bits per heavy atom. The lowest BCUT2D eigenvalue weighted by Gasteiger charge is -2.17. The van der Waals surface area contributed by atoms with Crippen molar-refractivity contribution in [1.29, 1.82) is 0 Å². The van der Waals surface area contributed by atoms with Gasteiger partial charge in [-0.1, -0.05) is 11.6 Å². The average Bonchev–Trinajstić information content (AvgIpc) is 2.49. The number of likely N-dealkylation sites (N-methyl/N-ethyl adjacent to an activating group) is 1. The first kappa shape index (κ1) is 15.3. The molecule has 0 saturated carbocycles. The molecule has 1 aromatic carbocycles. The van der Waals surface area contributed by atoms with E-state index in [0.717, 1.165) is 0 Å². The molecule has 1 aromatic heterocycles.